The van der Waals surface area contributed by atoms with Crippen LogP contribution in [-0.4, -0.2) is 9.59 Å². The molecule has 0 saturated heterocycles. The minimum absolute atomic E-state index is 0. The molecule has 2 rings (SSSR count). The van der Waals surface area contributed by atoms with E-state index >= 15 is 0 Å². The van der Waals surface area contributed by atoms with E-state index in [1.807, 2.05) is 29.6 Å². The van der Waals surface area contributed by atoms with Gasteiger partial charge in [0.25, 0.3) is 0 Å². The Bertz CT molecular complexity index is 371. The van der Waals surface area contributed by atoms with Crippen molar-refractivity contribution in [3.05, 3.63) is 35.2 Å². The number of hydrogen-bond donors (Lipinski definition) is 1. The molecule has 0 aliphatic carbocycles. The summed E-state index contributed by atoms with van der Waals surface area (Å²) in [5.41, 5.74) is 8.64. The van der Waals surface area contributed by atoms with Crippen molar-refractivity contribution in [2.75, 3.05) is 0 Å². The van der Waals surface area contributed by atoms with Crippen molar-refractivity contribution in [3.8, 4) is 11.3 Å². The number of nitrogens with zero attached hydrogens (tertiary/aromatic N) is 2. The topological polar surface area (TPSA) is 51.8 Å². The van der Waals surface area contributed by atoms with Gasteiger partial charge in [0.05, 0.1) is 0 Å². The summed E-state index contributed by atoms with van der Waals surface area (Å²) in [6.45, 7) is 0.579. The third-order valence-corrected chi connectivity index (χ3v) is 2.35. The molecule has 74 valence electrons. The van der Waals surface area contributed by atoms with Crippen molar-refractivity contribution in [2.24, 2.45) is 5.73 Å². The van der Waals surface area contributed by atoms with Gasteiger partial charge in [0.15, 0.2) is 0 Å². The second-order valence-electron chi connectivity index (χ2n) is 2.69. The molecule has 0 amide bonds. The summed E-state index contributed by atoms with van der Waals surface area (Å²) < 4.78 is 3.81. The van der Waals surface area contributed by atoms with Crippen molar-refractivity contribution in [3.63, 3.8) is 0 Å². The van der Waals surface area contributed by atoms with Crippen LogP contribution in [0.15, 0.2) is 29.6 Å². The fourth-order valence-electron chi connectivity index (χ4n) is 1.10. The van der Waals surface area contributed by atoms with E-state index < -0.39 is 0 Å². The van der Waals surface area contributed by atoms with Crippen LogP contribution in [0.3, 0.4) is 0 Å². The lowest BCUT2D eigenvalue weighted by molar-refractivity contribution is 1.07. The molecule has 1 heterocycles. The Balaban J connectivity index is 0.000000980. The van der Waals surface area contributed by atoms with E-state index in [0.717, 1.165) is 16.8 Å². The Labute approximate surface area is 92.5 Å². The number of halogens is 1. The zero-order valence-corrected chi connectivity index (χ0v) is 9.02. The summed E-state index contributed by atoms with van der Waals surface area (Å²) in [5.74, 6) is 0. The largest absolute Gasteiger partial charge is 0.326 e. The standard InChI is InChI=1S/C9H9N3S.ClH/c10-5-7-1-3-8(4-2-7)9-6-13-12-11-9;/h1-4,6H,5,10H2;1H. The summed E-state index contributed by atoms with van der Waals surface area (Å²) in [5, 5.41) is 5.91. The van der Waals surface area contributed by atoms with Crippen molar-refractivity contribution < 1.29 is 0 Å². The number of nitrogens with two attached hydrogens (primary N) is 1. The van der Waals surface area contributed by atoms with Crippen LogP contribution in [0.5, 0.6) is 0 Å². The van der Waals surface area contributed by atoms with Crippen LogP contribution in [-0.2, 0) is 6.54 Å². The molecule has 5 heteroatoms. The first kappa shape index (κ1) is 11.1. The molecule has 0 bridgehead atoms. The van der Waals surface area contributed by atoms with Crippen LogP contribution in [0.2, 0.25) is 0 Å². The van der Waals surface area contributed by atoms with Crippen molar-refractivity contribution >= 4 is 23.9 Å². The maximum atomic E-state index is 5.49. The third-order valence-electron chi connectivity index (χ3n) is 1.85. The molecular formula is C9H10ClN3S. The van der Waals surface area contributed by atoms with Crippen LogP contribution in [0.4, 0.5) is 0 Å². The molecule has 0 unspecified atom stereocenters. The minimum Gasteiger partial charge on any atom is -0.326 e. The molecular weight excluding hydrogens is 218 g/mol. The van der Waals surface area contributed by atoms with Gasteiger partial charge in [-0.15, -0.1) is 17.5 Å². The van der Waals surface area contributed by atoms with Gasteiger partial charge in [-0.1, -0.05) is 28.8 Å². The lowest BCUT2D eigenvalue weighted by Crippen LogP contribution is -1.95. The Morgan fingerprint density at radius 2 is 1.93 bits per heavy atom. The quantitative estimate of drug-likeness (QED) is 0.855. The zero-order valence-electron chi connectivity index (χ0n) is 7.38. The Morgan fingerprint density at radius 3 is 2.43 bits per heavy atom. The fourth-order valence-corrected chi connectivity index (χ4v) is 1.57. The van der Waals surface area contributed by atoms with E-state index in [4.69, 9.17) is 5.73 Å². The molecule has 2 aromatic rings. The van der Waals surface area contributed by atoms with Gasteiger partial charge in [-0.05, 0) is 17.1 Å². The maximum absolute atomic E-state index is 5.49. The van der Waals surface area contributed by atoms with Gasteiger partial charge < -0.3 is 5.73 Å². The Kier molecular flexibility index (Phi) is 4.00. The molecule has 0 aliphatic rings. The van der Waals surface area contributed by atoms with Gasteiger partial charge in [0, 0.05) is 17.5 Å². The summed E-state index contributed by atoms with van der Waals surface area (Å²) in [6.07, 6.45) is 0. The SMILES string of the molecule is Cl.NCc1ccc(-c2csnn2)cc1. The summed E-state index contributed by atoms with van der Waals surface area (Å²) >= 11 is 1.36. The number of aromatic nitrogens is 2. The average molecular weight is 228 g/mol. The highest BCUT2D eigenvalue weighted by molar-refractivity contribution is 7.03. The summed E-state index contributed by atoms with van der Waals surface area (Å²) in [6, 6.07) is 8.04. The molecule has 0 radical (unpaired) electrons. The molecule has 1 aromatic heterocycles. The molecule has 14 heavy (non-hydrogen) atoms. The van der Waals surface area contributed by atoms with Crippen molar-refractivity contribution in [1.29, 1.82) is 0 Å². The van der Waals surface area contributed by atoms with E-state index in [1.165, 1.54) is 11.5 Å². The molecule has 0 atom stereocenters. The van der Waals surface area contributed by atoms with Crippen molar-refractivity contribution in [2.45, 2.75) is 6.54 Å². The highest BCUT2D eigenvalue weighted by atomic mass is 35.5. The minimum atomic E-state index is 0. The van der Waals surface area contributed by atoms with E-state index in [0.29, 0.717) is 6.54 Å². The van der Waals surface area contributed by atoms with E-state index in [2.05, 4.69) is 9.59 Å². The van der Waals surface area contributed by atoms with Gasteiger partial charge in [-0.25, -0.2) is 0 Å². The first-order valence-corrected chi connectivity index (χ1v) is 4.80. The zero-order chi connectivity index (χ0) is 9.10. The predicted molar refractivity (Wildman–Crippen MR) is 60.5 cm³/mol. The Hall–Kier alpha value is -0.970. The maximum Gasteiger partial charge on any atom is 0.105 e. The van der Waals surface area contributed by atoms with Gasteiger partial charge in [0.1, 0.15) is 5.69 Å². The molecule has 0 saturated carbocycles. The molecule has 3 nitrogen and oxygen atoms in total. The molecule has 0 spiro atoms. The third kappa shape index (κ3) is 2.29. The summed E-state index contributed by atoms with van der Waals surface area (Å²) in [7, 11) is 0. The van der Waals surface area contributed by atoms with Crippen LogP contribution in [0.25, 0.3) is 11.3 Å². The number of hydrogen-bond acceptors (Lipinski definition) is 4. The number of benzene rings is 1. The molecule has 1 aromatic carbocycles. The van der Waals surface area contributed by atoms with E-state index in [1.54, 1.807) is 0 Å². The monoisotopic (exact) mass is 227 g/mol. The van der Waals surface area contributed by atoms with Crippen LogP contribution in [0.1, 0.15) is 5.56 Å². The van der Waals surface area contributed by atoms with Crippen molar-refractivity contribution in [1.82, 2.24) is 9.59 Å². The van der Waals surface area contributed by atoms with Crippen LogP contribution in [0, 0.1) is 0 Å². The highest BCUT2D eigenvalue weighted by Crippen LogP contribution is 2.17. The molecule has 2 N–H and O–H groups in total. The van der Waals surface area contributed by atoms with Gasteiger partial charge in [-0.3, -0.25) is 0 Å². The first-order valence-electron chi connectivity index (χ1n) is 3.96. The smallest absolute Gasteiger partial charge is 0.105 e. The van der Waals surface area contributed by atoms with Crippen LogP contribution < -0.4 is 5.73 Å². The van der Waals surface area contributed by atoms with Gasteiger partial charge >= 0.3 is 0 Å². The first-order chi connectivity index (χ1) is 6.40. The highest BCUT2D eigenvalue weighted by Gasteiger charge is 1.99. The van der Waals surface area contributed by atoms with E-state index in [9.17, 15) is 0 Å². The molecule has 0 fully saturated rings. The number of rotatable bonds is 2. The average Bonchev–Trinajstić information content (AvgIpc) is 2.71. The van der Waals surface area contributed by atoms with Crippen LogP contribution >= 0.6 is 23.9 Å². The van der Waals surface area contributed by atoms with Gasteiger partial charge in [0.2, 0.25) is 0 Å². The van der Waals surface area contributed by atoms with Gasteiger partial charge in [-0.2, -0.15) is 0 Å². The second kappa shape index (κ2) is 5.05. The second-order valence-corrected chi connectivity index (χ2v) is 3.30. The predicted octanol–water partition coefficient (Wildman–Crippen LogP) is 2.09. The summed E-state index contributed by atoms with van der Waals surface area (Å²) in [4.78, 5) is 0. The molecule has 0 aliphatic heterocycles. The lowest BCUT2D eigenvalue weighted by atomic mass is 10.1. The Morgan fingerprint density at radius 1 is 1.21 bits per heavy atom. The normalized spacial score (nSPS) is 9.50. The van der Waals surface area contributed by atoms with E-state index in [-0.39, 0.29) is 12.4 Å². The fraction of sp³-hybridized carbons (Fsp3) is 0.111. The lowest BCUT2D eigenvalue weighted by Gasteiger charge is -1.97.